The number of carbonyl (C=O) groups excluding carboxylic acids is 1. The van der Waals surface area contributed by atoms with E-state index in [4.69, 9.17) is 5.11 Å². The average Bonchev–Trinajstić information content (AvgIpc) is 2.35. The molecule has 0 spiro atoms. The van der Waals surface area contributed by atoms with E-state index in [1.165, 1.54) is 0 Å². The number of carboxylic acids is 1. The summed E-state index contributed by atoms with van der Waals surface area (Å²) >= 11 is 1.64. The third kappa shape index (κ3) is 5.72. The van der Waals surface area contributed by atoms with Gasteiger partial charge in [0, 0.05) is 24.3 Å². The molecule has 1 rings (SSSR count). The molecule has 0 aromatic heterocycles. The van der Waals surface area contributed by atoms with Crippen molar-refractivity contribution in [2.24, 2.45) is 0 Å². The molecule has 0 bridgehead atoms. The Morgan fingerprint density at radius 3 is 2.44 bits per heavy atom. The smallest absolute Gasteiger partial charge is 0.303 e. The lowest BCUT2D eigenvalue weighted by Crippen LogP contribution is -2.12. The minimum atomic E-state index is -0.801. The van der Waals surface area contributed by atoms with Crippen molar-refractivity contribution in [3.8, 4) is 0 Å². The molecular weight excluding hydrogens is 250 g/mol. The SMILES string of the molecule is CSCCC(=O)Nc1ccc(CCC(=O)O)cc1. The molecule has 0 unspecified atom stereocenters. The fourth-order valence-corrected chi connectivity index (χ4v) is 1.81. The molecule has 5 heteroatoms. The Balaban J connectivity index is 2.44. The first kappa shape index (κ1) is 14.6. The quantitative estimate of drug-likeness (QED) is 0.796. The summed E-state index contributed by atoms with van der Waals surface area (Å²) in [5.41, 5.74) is 1.71. The molecule has 98 valence electrons. The van der Waals surface area contributed by atoms with E-state index in [1.54, 1.807) is 23.9 Å². The molecule has 1 aromatic rings. The van der Waals surface area contributed by atoms with Gasteiger partial charge in [0.15, 0.2) is 0 Å². The Bertz CT molecular complexity index is 403. The first-order valence-corrected chi connectivity index (χ1v) is 7.10. The summed E-state index contributed by atoms with van der Waals surface area (Å²) < 4.78 is 0. The normalized spacial score (nSPS) is 10.1. The Hall–Kier alpha value is -1.49. The predicted molar refractivity (Wildman–Crippen MR) is 74.0 cm³/mol. The number of hydrogen-bond donors (Lipinski definition) is 2. The van der Waals surface area contributed by atoms with Gasteiger partial charge in [-0.1, -0.05) is 12.1 Å². The van der Waals surface area contributed by atoms with Crippen molar-refractivity contribution in [3.05, 3.63) is 29.8 Å². The summed E-state index contributed by atoms with van der Waals surface area (Å²) in [4.78, 5) is 21.9. The van der Waals surface area contributed by atoms with Crippen LogP contribution in [-0.4, -0.2) is 29.0 Å². The van der Waals surface area contributed by atoms with E-state index in [0.717, 1.165) is 17.0 Å². The van der Waals surface area contributed by atoms with E-state index in [2.05, 4.69) is 5.32 Å². The van der Waals surface area contributed by atoms with Crippen LogP contribution in [0.5, 0.6) is 0 Å². The van der Waals surface area contributed by atoms with Gasteiger partial charge in [0.2, 0.25) is 5.91 Å². The lowest BCUT2D eigenvalue weighted by Gasteiger charge is -2.05. The third-order valence-corrected chi connectivity index (χ3v) is 3.01. The number of thioether (sulfide) groups is 1. The number of rotatable bonds is 7. The number of nitrogens with one attached hydrogen (secondary N) is 1. The van der Waals surface area contributed by atoms with Gasteiger partial charge in [-0.15, -0.1) is 0 Å². The topological polar surface area (TPSA) is 66.4 Å². The Kier molecular flexibility index (Phi) is 6.28. The van der Waals surface area contributed by atoms with Gasteiger partial charge in [0.05, 0.1) is 0 Å². The maximum absolute atomic E-state index is 11.5. The van der Waals surface area contributed by atoms with Crippen LogP contribution < -0.4 is 5.32 Å². The van der Waals surface area contributed by atoms with Crippen LogP contribution in [0.3, 0.4) is 0 Å². The second-order valence-corrected chi connectivity index (χ2v) is 4.87. The molecule has 0 heterocycles. The number of carboxylic acid groups (broad SMARTS) is 1. The molecule has 4 nitrogen and oxygen atoms in total. The van der Waals surface area contributed by atoms with E-state index in [9.17, 15) is 9.59 Å². The fraction of sp³-hybridized carbons (Fsp3) is 0.385. The van der Waals surface area contributed by atoms with E-state index >= 15 is 0 Å². The van der Waals surface area contributed by atoms with Gasteiger partial charge in [0.1, 0.15) is 0 Å². The van der Waals surface area contributed by atoms with Crippen LogP contribution in [0.4, 0.5) is 5.69 Å². The van der Waals surface area contributed by atoms with Gasteiger partial charge in [-0.05, 0) is 30.4 Å². The van der Waals surface area contributed by atoms with Crippen LogP contribution in [0, 0.1) is 0 Å². The maximum Gasteiger partial charge on any atom is 0.303 e. The third-order valence-electron chi connectivity index (χ3n) is 2.40. The molecule has 0 atom stereocenters. The second kappa shape index (κ2) is 7.76. The van der Waals surface area contributed by atoms with Crippen LogP contribution >= 0.6 is 11.8 Å². The highest BCUT2D eigenvalue weighted by molar-refractivity contribution is 7.98. The number of aryl methyl sites for hydroxylation is 1. The van der Waals surface area contributed by atoms with Crippen molar-refractivity contribution in [2.75, 3.05) is 17.3 Å². The van der Waals surface area contributed by atoms with Crippen LogP contribution in [-0.2, 0) is 16.0 Å². The highest BCUT2D eigenvalue weighted by Gasteiger charge is 2.02. The summed E-state index contributed by atoms with van der Waals surface area (Å²) in [5.74, 6) is 0.00906. The number of aliphatic carboxylic acids is 1. The Morgan fingerprint density at radius 2 is 1.89 bits per heavy atom. The molecular formula is C13H17NO3S. The minimum Gasteiger partial charge on any atom is -0.481 e. The summed E-state index contributed by atoms with van der Waals surface area (Å²) in [6.07, 6.45) is 3.10. The molecule has 0 radical (unpaired) electrons. The number of carbonyl (C=O) groups is 2. The summed E-state index contributed by atoms with van der Waals surface area (Å²) in [6, 6.07) is 7.28. The van der Waals surface area contributed by atoms with Crippen LogP contribution in [0.1, 0.15) is 18.4 Å². The van der Waals surface area contributed by atoms with Crippen molar-refractivity contribution in [3.63, 3.8) is 0 Å². The monoisotopic (exact) mass is 267 g/mol. The summed E-state index contributed by atoms with van der Waals surface area (Å²) in [6.45, 7) is 0. The number of anilines is 1. The van der Waals surface area contributed by atoms with Gasteiger partial charge in [-0.3, -0.25) is 9.59 Å². The lowest BCUT2D eigenvalue weighted by atomic mass is 10.1. The zero-order valence-electron chi connectivity index (χ0n) is 10.3. The highest BCUT2D eigenvalue weighted by atomic mass is 32.2. The molecule has 1 aromatic carbocycles. The predicted octanol–water partition coefficient (Wildman–Crippen LogP) is 2.40. The highest BCUT2D eigenvalue weighted by Crippen LogP contribution is 2.11. The van der Waals surface area contributed by atoms with Crippen LogP contribution in [0.2, 0.25) is 0 Å². The summed E-state index contributed by atoms with van der Waals surface area (Å²) in [7, 11) is 0. The van der Waals surface area contributed by atoms with Gasteiger partial charge >= 0.3 is 5.97 Å². The number of benzene rings is 1. The first-order chi connectivity index (χ1) is 8.61. The molecule has 0 aliphatic rings. The van der Waals surface area contributed by atoms with Crippen LogP contribution in [0.25, 0.3) is 0 Å². The van der Waals surface area contributed by atoms with Crippen molar-refractivity contribution in [1.29, 1.82) is 0 Å². The van der Waals surface area contributed by atoms with Gasteiger partial charge in [0.25, 0.3) is 0 Å². The first-order valence-electron chi connectivity index (χ1n) is 5.71. The molecule has 1 amide bonds. The molecule has 0 saturated carbocycles. The second-order valence-electron chi connectivity index (χ2n) is 3.88. The zero-order valence-corrected chi connectivity index (χ0v) is 11.1. The molecule has 0 saturated heterocycles. The van der Waals surface area contributed by atoms with Gasteiger partial charge in [-0.2, -0.15) is 11.8 Å². The Labute approximate surface area is 111 Å². The number of amides is 1. The van der Waals surface area contributed by atoms with Crippen molar-refractivity contribution in [1.82, 2.24) is 0 Å². The molecule has 0 fully saturated rings. The van der Waals surface area contributed by atoms with Crippen molar-refractivity contribution >= 4 is 29.3 Å². The van der Waals surface area contributed by atoms with E-state index in [0.29, 0.717) is 12.8 Å². The van der Waals surface area contributed by atoms with Crippen molar-refractivity contribution < 1.29 is 14.7 Å². The standard InChI is InChI=1S/C13H17NO3S/c1-18-9-8-12(15)14-11-5-2-10(3-6-11)4-7-13(16)17/h2-3,5-6H,4,7-9H2,1H3,(H,14,15)(H,16,17). The van der Waals surface area contributed by atoms with Gasteiger partial charge in [-0.25, -0.2) is 0 Å². The van der Waals surface area contributed by atoms with Gasteiger partial charge < -0.3 is 10.4 Å². The molecule has 0 aliphatic heterocycles. The molecule has 2 N–H and O–H groups in total. The van der Waals surface area contributed by atoms with Crippen molar-refractivity contribution in [2.45, 2.75) is 19.3 Å². The maximum atomic E-state index is 11.5. The number of hydrogen-bond acceptors (Lipinski definition) is 3. The minimum absolute atomic E-state index is 0.00244. The largest absolute Gasteiger partial charge is 0.481 e. The fourth-order valence-electron chi connectivity index (χ4n) is 1.42. The molecule has 18 heavy (non-hydrogen) atoms. The zero-order chi connectivity index (χ0) is 13.4. The Morgan fingerprint density at radius 1 is 1.22 bits per heavy atom. The van der Waals surface area contributed by atoms with Crippen LogP contribution in [0.15, 0.2) is 24.3 Å². The molecule has 0 aliphatic carbocycles. The van der Waals surface area contributed by atoms with E-state index in [1.807, 2.05) is 18.4 Å². The van der Waals surface area contributed by atoms with E-state index in [-0.39, 0.29) is 12.3 Å². The lowest BCUT2D eigenvalue weighted by molar-refractivity contribution is -0.137. The average molecular weight is 267 g/mol. The van der Waals surface area contributed by atoms with E-state index < -0.39 is 5.97 Å². The summed E-state index contributed by atoms with van der Waals surface area (Å²) in [5, 5.41) is 11.4.